The number of nitrogens with zero attached hydrogens (tertiary/aromatic N) is 3. The number of amides is 3. The van der Waals surface area contributed by atoms with Crippen molar-refractivity contribution in [3.05, 3.63) is 11.9 Å². The van der Waals surface area contributed by atoms with Gasteiger partial charge in [-0.1, -0.05) is 19.1 Å². The third-order valence-electron chi connectivity index (χ3n) is 4.58. The van der Waals surface area contributed by atoms with Crippen molar-refractivity contribution in [2.24, 2.45) is 5.92 Å². The van der Waals surface area contributed by atoms with Gasteiger partial charge in [0.1, 0.15) is 5.69 Å². The molecule has 1 saturated heterocycles. The first kappa shape index (κ1) is 20.2. The number of nitrogens with one attached hydrogen (secondary N) is 4. The van der Waals surface area contributed by atoms with Gasteiger partial charge in [-0.3, -0.25) is 4.79 Å². The highest BCUT2D eigenvalue weighted by atomic mass is 16.2. The molecule has 0 aliphatic carbocycles. The fraction of sp³-hybridized carbons (Fsp3) is 0.765. The molecule has 1 fully saturated rings. The van der Waals surface area contributed by atoms with E-state index in [1.54, 1.807) is 4.68 Å². The van der Waals surface area contributed by atoms with E-state index in [0.29, 0.717) is 31.1 Å². The van der Waals surface area contributed by atoms with Gasteiger partial charge in [-0.25, -0.2) is 9.48 Å². The van der Waals surface area contributed by atoms with Gasteiger partial charge in [-0.2, -0.15) is 0 Å². The van der Waals surface area contributed by atoms with Crippen LogP contribution >= 0.6 is 0 Å². The first-order valence-corrected chi connectivity index (χ1v) is 9.25. The molecule has 3 unspecified atom stereocenters. The second-order valence-electron chi connectivity index (χ2n) is 7.56. The van der Waals surface area contributed by atoms with E-state index in [1.807, 2.05) is 27.0 Å². The fourth-order valence-corrected chi connectivity index (χ4v) is 2.67. The zero-order valence-electron chi connectivity index (χ0n) is 16.2. The van der Waals surface area contributed by atoms with Gasteiger partial charge >= 0.3 is 6.03 Å². The summed E-state index contributed by atoms with van der Waals surface area (Å²) in [5, 5.41) is 20.1. The number of hydrogen-bond donors (Lipinski definition) is 4. The maximum atomic E-state index is 12.1. The van der Waals surface area contributed by atoms with Crippen molar-refractivity contribution in [1.29, 1.82) is 0 Å². The van der Waals surface area contributed by atoms with Crippen molar-refractivity contribution in [1.82, 2.24) is 36.3 Å². The lowest BCUT2D eigenvalue weighted by Gasteiger charge is -2.17. The molecule has 0 saturated carbocycles. The Morgan fingerprint density at radius 1 is 1.27 bits per heavy atom. The summed E-state index contributed by atoms with van der Waals surface area (Å²) in [6, 6.07) is -0.125. The van der Waals surface area contributed by atoms with Crippen LogP contribution in [0, 0.1) is 5.92 Å². The Morgan fingerprint density at radius 2 is 2.00 bits per heavy atom. The standard InChI is InChI=1S/C17H31N7O2/c1-10(2)12(5)21-17(26)19-7-13-9-24(23-22-13)14-6-15(18-8-14)16(25)20-11(3)4/h9-12,14-15,18H,6-8H2,1-5H3,(H,20,25)(H2,19,21,26). The molecular weight excluding hydrogens is 334 g/mol. The highest BCUT2D eigenvalue weighted by Gasteiger charge is 2.31. The van der Waals surface area contributed by atoms with Crippen molar-refractivity contribution in [3.8, 4) is 0 Å². The molecular formula is C17H31N7O2. The van der Waals surface area contributed by atoms with Gasteiger partial charge in [0.15, 0.2) is 0 Å². The van der Waals surface area contributed by atoms with E-state index in [-0.39, 0.29) is 36.1 Å². The minimum Gasteiger partial charge on any atom is -0.353 e. The zero-order chi connectivity index (χ0) is 19.3. The molecule has 0 radical (unpaired) electrons. The Hall–Kier alpha value is -2.16. The van der Waals surface area contributed by atoms with Crippen LogP contribution in [0.25, 0.3) is 0 Å². The molecule has 1 aliphatic rings. The smallest absolute Gasteiger partial charge is 0.315 e. The molecule has 2 rings (SSSR count). The van der Waals surface area contributed by atoms with E-state index in [9.17, 15) is 9.59 Å². The van der Waals surface area contributed by atoms with Crippen molar-refractivity contribution in [2.45, 2.75) is 71.8 Å². The first-order valence-electron chi connectivity index (χ1n) is 9.25. The Bertz CT molecular complexity index is 614. The topological polar surface area (TPSA) is 113 Å². The normalized spacial score (nSPS) is 21.0. The summed E-state index contributed by atoms with van der Waals surface area (Å²) in [5.74, 6) is 0.387. The van der Waals surface area contributed by atoms with E-state index in [2.05, 4.69) is 45.4 Å². The van der Waals surface area contributed by atoms with Crippen LogP contribution in [0.4, 0.5) is 4.79 Å². The highest BCUT2D eigenvalue weighted by Crippen LogP contribution is 2.19. The Kier molecular flexibility index (Phi) is 6.96. The number of rotatable bonds is 7. The number of aromatic nitrogens is 3. The predicted octanol–water partition coefficient (Wildman–Crippen LogP) is 0.549. The van der Waals surface area contributed by atoms with E-state index in [4.69, 9.17) is 0 Å². The molecule has 0 aromatic carbocycles. The second-order valence-corrected chi connectivity index (χ2v) is 7.56. The van der Waals surface area contributed by atoms with E-state index >= 15 is 0 Å². The largest absolute Gasteiger partial charge is 0.353 e. The third-order valence-corrected chi connectivity index (χ3v) is 4.58. The lowest BCUT2D eigenvalue weighted by Crippen LogP contribution is -2.43. The van der Waals surface area contributed by atoms with Gasteiger partial charge in [-0.05, 0) is 33.1 Å². The summed E-state index contributed by atoms with van der Waals surface area (Å²) in [6.07, 6.45) is 2.49. The summed E-state index contributed by atoms with van der Waals surface area (Å²) in [7, 11) is 0. The molecule has 3 atom stereocenters. The van der Waals surface area contributed by atoms with E-state index < -0.39 is 0 Å². The average Bonchev–Trinajstić information content (AvgIpc) is 3.21. The lowest BCUT2D eigenvalue weighted by molar-refractivity contribution is -0.123. The molecule has 3 amide bonds. The SMILES string of the molecule is CC(C)NC(=O)C1CC(n2cc(CNC(=O)NC(C)C(C)C)nn2)CN1. The Morgan fingerprint density at radius 3 is 2.65 bits per heavy atom. The molecule has 26 heavy (non-hydrogen) atoms. The van der Waals surface area contributed by atoms with Gasteiger partial charge in [-0.15, -0.1) is 5.10 Å². The summed E-state index contributed by atoms with van der Waals surface area (Å²) in [4.78, 5) is 23.9. The van der Waals surface area contributed by atoms with Crippen molar-refractivity contribution < 1.29 is 9.59 Å². The van der Waals surface area contributed by atoms with Crippen LogP contribution in [0.5, 0.6) is 0 Å². The fourth-order valence-electron chi connectivity index (χ4n) is 2.67. The summed E-state index contributed by atoms with van der Waals surface area (Å²) in [5.41, 5.74) is 0.687. The van der Waals surface area contributed by atoms with Crippen LogP contribution in [-0.2, 0) is 11.3 Å². The molecule has 0 spiro atoms. The van der Waals surface area contributed by atoms with E-state index in [0.717, 1.165) is 0 Å². The Balaban J connectivity index is 1.81. The molecule has 2 heterocycles. The van der Waals surface area contributed by atoms with Gasteiger partial charge in [0.05, 0.1) is 24.8 Å². The summed E-state index contributed by atoms with van der Waals surface area (Å²) >= 11 is 0. The molecule has 9 nitrogen and oxygen atoms in total. The molecule has 1 aliphatic heterocycles. The molecule has 4 N–H and O–H groups in total. The van der Waals surface area contributed by atoms with Crippen LogP contribution in [0.15, 0.2) is 6.20 Å². The van der Waals surface area contributed by atoms with Crippen molar-refractivity contribution >= 4 is 11.9 Å². The van der Waals surface area contributed by atoms with Gasteiger partial charge in [0, 0.05) is 18.6 Å². The molecule has 1 aromatic rings. The maximum Gasteiger partial charge on any atom is 0.315 e. The number of carbonyl (C=O) groups excluding carboxylic acids is 2. The number of urea groups is 1. The minimum absolute atomic E-state index is 0.0143. The second kappa shape index (κ2) is 8.98. The maximum absolute atomic E-state index is 12.1. The molecule has 1 aromatic heterocycles. The minimum atomic E-state index is -0.214. The average molecular weight is 365 g/mol. The quantitative estimate of drug-likeness (QED) is 0.564. The van der Waals surface area contributed by atoms with Crippen LogP contribution in [0.3, 0.4) is 0 Å². The number of carbonyl (C=O) groups is 2. The molecule has 0 bridgehead atoms. The van der Waals surface area contributed by atoms with Crippen LogP contribution < -0.4 is 21.3 Å². The summed E-state index contributed by atoms with van der Waals surface area (Å²) < 4.78 is 1.77. The molecule has 146 valence electrons. The predicted molar refractivity (Wildman–Crippen MR) is 98.4 cm³/mol. The van der Waals surface area contributed by atoms with Crippen molar-refractivity contribution in [3.63, 3.8) is 0 Å². The van der Waals surface area contributed by atoms with Gasteiger partial charge in [0.25, 0.3) is 0 Å². The Labute approximate surface area is 154 Å². The van der Waals surface area contributed by atoms with Gasteiger partial charge in [0.2, 0.25) is 5.91 Å². The van der Waals surface area contributed by atoms with Crippen LogP contribution in [0.1, 0.15) is 52.8 Å². The highest BCUT2D eigenvalue weighted by molar-refractivity contribution is 5.82. The third kappa shape index (κ3) is 5.69. The zero-order valence-corrected chi connectivity index (χ0v) is 16.2. The first-order chi connectivity index (χ1) is 12.3. The summed E-state index contributed by atoms with van der Waals surface area (Å²) in [6.45, 7) is 11.0. The van der Waals surface area contributed by atoms with Crippen LogP contribution in [0.2, 0.25) is 0 Å². The van der Waals surface area contributed by atoms with Crippen molar-refractivity contribution in [2.75, 3.05) is 6.54 Å². The monoisotopic (exact) mass is 365 g/mol. The number of hydrogen-bond acceptors (Lipinski definition) is 5. The van der Waals surface area contributed by atoms with Gasteiger partial charge < -0.3 is 21.3 Å². The van der Waals surface area contributed by atoms with Crippen LogP contribution in [-0.4, -0.2) is 51.6 Å². The molecule has 9 heteroatoms. The lowest BCUT2D eigenvalue weighted by atomic mass is 10.1. The van der Waals surface area contributed by atoms with E-state index in [1.165, 1.54) is 0 Å².